The first kappa shape index (κ1) is 8.53. The van der Waals surface area contributed by atoms with E-state index in [2.05, 4.69) is 5.32 Å². The number of piperidine rings is 1. The van der Waals surface area contributed by atoms with E-state index < -0.39 is 0 Å². The summed E-state index contributed by atoms with van der Waals surface area (Å²) in [6, 6.07) is 0.0868. The van der Waals surface area contributed by atoms with Gasteiger partial charge in [0.05, 0.1) is 13.2 Å². The third kappa shape index (κ3) is 2.50. The Balaban J connectivity index is 2.27. The van der Waals surface area contributed by atoms with Crippen molar-refractivity contribution in [2.75, 3.05) is 13.2 Å². The molecule has 0 unspecified atom stereocenters. The van der Waals surface area contributed by atoms with E-state index in [0.29, 0.717) is 6.61 Å². The number of carbonyl (C=O) groups excluding carboxylic acids is 1. The van der Waals surface area contributed by atoms with Crippen molar-refractivity contribution in [3.8, 4) is 0 Å². The van der Waals surface area contributed by atoms with Crippen LogP contribution in [0.15, 0.2) is 0 Å². The molecule has 1 saturated heterocycles. The molecule has 1 atom stereocenters. The van der Waals surface area contributed by atoms with Crippen molar-refractivity contribution < 1.29 is 14.8 Å². The molecule has 0 aromatic rings. The largest absolute Gasteiger partial charge is 0.462 e. The Bertz CT molecular complexity index is 130. The molecule has 0 aliphatic carbocycles. The maximum atomic E-state index is 11.1. The number of quaternary nitrogens is 1. The standard InChI is InChI=1S/C8H15NO2/c1-2-11-8(10)7-5-3-4-6-9-7/h7,9H,2-6H2,1H3/p+1/t7-/m1/s1. The van der Waals surface area contributed by atoms with E-state index in [1.165, 1.54) is 12.8 Å². The van der Waals surface area contributed by atoms with Gasteiger partial charge >= 0.3 is 5.97 Å². The minimum absolute atomic E-state index is 0.0350. The lowest BCUT2D eigenvalue weighted by molar-refractivity contribution is -0.686. The minimum atomic E-state index is -0.0350. The van der Waals surface area contributed by atoms with E-state index in [1.807, 2.05) is 6.92 Å². The molecular weight excluding hydrogens is 142 g/mol. The zero-order chi connectivity index (χ0) is 8.10. The lowest BCUT2D eigenvalue weighted by atomic mass is 10.1. The zero-order valence-corrected chi connectivity index (χ0v) is 7.01. The van der Waals surface area contributed by atoms with Gasteiger partial charge in [-0.3, -0.25) is 0 Å². The maximum Gasteiger partial charge on any atom is 0.364 e. The van der Waals surface area contributed by atoms with Gasteiger partial charge in [-0.05, 0) is 19.8 Å². The smallest absolute Gasteiger partial charge is 0.364 e. The Hall–Kier alpha value is -0.570. The van der Waals surface area contributed by atoms with Crippen LogP contribution < -0.4 is 5.32 Å². The number of esters is 1. The fourth-order valence-corrected chi connectivity index (χ4v) is 1.41. The zero-order valence-electron chi connectivity index (χ0n) is 7.01. The maximum absolute atomic E-state index is 11.1. The number of hydrogen-bond acceptors (Lipinski definition) is 2. The minimum Gasteiger partial charge on any atom is -0.462 e. The highest BCUT2D eigenvalue weighted by molar-refractivity contribution is 5.74. The summed E-state index contributed by atoms with van der Waals surface area (Å²) in [5, 5.41) is 2.08. The molecule has 1 rings (SSSR count). The molecule has 3 heteroatoms. The number of hydrogen-bond donors (Lipinski definition) is 1. The molecule has 11 heavy (non-hydrogen) atoms. The Labute approximate surface area is 67.1 Å². The van der Waals surface area contributed by atoms with Crippen molar-refractivity contribution in [2.45, 2.75) is 32.2 Å². The van der Waals surface area contributed by atoms with Crippen molar-refractivity contribution in [1.82, 2.24) is 0 Å². The van der Waals surface area contributed by atoms with Crippen LogP contribution in [0.2, 0.25) is 0 Å². The quantitative estimate of drug-likeness (QED) is 0.559. The Morgan fingerprint density at radius 1 is 1.64 bits per heavy atom. The van der Waals surface area contributed by atoms with Gasteiger partial charge in [0.1, 0.15) is 0 Å². The number of ether oxygens (including phenoxy) is 1. The second kappa shape index (κ2) is 4.34. The lowest BCUT2D eigenvalue weighted by Crippen LogP contribution is -2.93. The second-order valence-electron chi connectivity index (χ2n) is 2.88. The topological polar surface area (TPSA) is 42.9 Å². The normalized spacial score (nSPS) is 24.6. The predicted molar refractivity (Wildman–Crippen MR) is 41.1 cm³/mol. The molecule has 0 saturated carbocycles. The van der Waals surface area contributed by atoms with Gasteiger partial charge in [0, 0.05) is 6.42 Å². The SMILES string of the molecule is CCOC(=O)[C@H]1CCCC[NH2+]1. The molecule has 0 spiro atoms. The van der Waals surface area contributed by atoms with Crippen molar-refractivity contribution in [1.29, 1.82) is 0 Å². The molecule has 0 aromatic heterocycles. The number of rotatable bonds is 2. The third-order valence-electron chi connectivity index (χ3n) is 2.01. The molecule has 1 fully saturated rings. The molecule has 1 aliphatic heterocycles. The van der Waals surface area contributed by atoms with Gasteiger partial charge in [0.2, 0.25) is 0 Å². The monoisotopic (exact) mass is 158 g/mol. The van der Waals surface area contributed by atoms with Crippen LogP contribution in [0.5, 0.6) is 0 Å². The summed E-state index contributed by atoms with van der Waals surface area (Å²) >= 11 is 0. The fourth-order valence-electron chi connectivity index (χ4n) is 1.41. The fraction of sp³-hybridized carbons (Fsp3) is 0.875. The van der Waals surface area contributed by atoms with Gasteiger partial charge in [0.15, 0.2) is 6.04 Å². The molecule has 0 radical (unpaired) electrons. The summed E-state index contributed by atoms with van der Waals surface area (Å²) in [4.78, 5) is 11.1. The molecule has 2 N–H and O–H groups in total. The average Bonchev–Trinajstić information content (AvgIpc) is 2.07. The van der Waals surface area contributed by atoms with Gasteiger partial charge in [-0.1, -0.05) is 0 Å². The molecule has 3 nitrogen and oxygen atoms in total. The van der Waals surface area contributed by atoms with E-state index in [-0.39, 0.29) is 12.0 Å². The molecule has 1 aliphatic rings. The van der Waals surface area contributed by atoms with E-state index in [0.717, 1.165) is 13.0 Å². The molecule has 64 valence electrons. The van der Waals surface area contributed by atoms with Crippen molar-refractivity contribution in [3.63, 3.8) is 0 Å². The van der Waals surface area contributed by atoms with Gasteiger partial charge in [-0.25, -0.2) is 4.79 Å². The first-order chi connectivity index (χ1) is 5.34. The Kier molecular flexibility index (Phi) is 3.36. The van der Waals surface area contributed by atoms with Gasteiger partial charge in [-0.15, -0.1) is 0 Å². The van der Waals surface area contributed by atoms with Crippen molar-refractivity contribution in [2.24, 2.45) is 0 Å². The summed E-state index contributed by atoms with van der Waals surface area (Å²) in [6.45, 7) is 3.42. The summed E-state index contributed by atoms with van der Waals surface area (Å²) in [5.74, 6) is -0.0350. The summed E-state index contributed by atoms with van der Waals surface area (Å²) in [6.07, 6.45) is 3.38. The molecule has 1 heterocycles. The van der Waals surface area contributed by atoms with Crippen LogP contribution in [0.4, 0.5) is 0 Å². The Morgan fingerprint density at radius 3 is 3.00 bits per heavy atom. The van der Waals surface area contributed by atoms with Crippen LogP contribution >= 0.6 is 0 Å². The van der Waals surface area contributed by atoms with Crippen LogP contribution in [0.1, 0.15) is 26.2 Å². The summed E-state index contributed by atoms with van der Waals surface area (Å²) in [7, 11) is 0. The number of carbonyl (C=O) groups is 1. The van der Waals surface area contributed by atoms with Crippen LogP contribution in [-0.4, -0.2) is 25.2 Å². The Morgan fingerprint density at radius 2 is 2.45 bits per heavy atom. The highest BCUT2D eigenvalue weighted by Gasteiger charge is 2.24. The highest BCUT2D eigenvalue weighted by atomic mass is 16.5. The van der Waals surface area contributed by atoms with Crippen LogP contribution in [0, 0.1) is 0 Å². The molecule has 0 aromatic carbocycles. The summed E-state index contributed by atoms with van der Waals surface area (Å²) < 4.78 is 4.91. The first-order valence-electron chi connectivity index (χ1n) is 4.34. The van der Waals surface area contributed by atoms with E-state index >= 15 is 0 Å². The highest BCUT2D eigenvalue weighted by Crippen LogP contribution is 2.02. The van der Waals surface area contributed by atoms with Crippen molar-refractivity contribution in [3.05, 3.63) is 0 Å². The second-order valence-corrected chi connectivity index (χ2v) is 2.88. The van der Waals surface area contributed by atoms with Crippen LogP contribution in [0.25, 0.3) is 0 Å². The number of nitrogens with two attached hydrogens (primary N) is 1. The van der Waals surface area contributed by atoms with Crippen molar-refractivity contribution >= 4 is 5.97 Å². The van der Waals surface area contributed by atoms with Gasteiger partial charge in [0.25, 0.3) is 0 Å². The van der Waals surface area contributed by atoms with Crippen LogP contribution in [-0.2, 0) is 9.53 Å². The lowest BCUT2D eigenvalue weighted by Gasteiger charge is -2.17. The predicted octanol–water partition coefficient (Wildman–Crippen LogP) is -0.335. The first-order valence-corrected chi connectivity index (χ1v) is 4.34. The molecular formula is C8H16NO2+. The molecule has 0 amide bonds. The van der Waals surface area contributed by atoms with Gasteiger partial charge < -0.3 is 10.1 Å². The van der Waals surface area contributed by atoms with E-state index in [4.69, 9.17) is 4.74 Å². The van der Waals surface area contributed by atoms with E-state index in [9.17, 15) is 4.79 Å². The third-order valence-corrected chi connectivity index (χ3v) is 2.01. The van der Waals surface area contributed by atoms with E-state index in [1.54, 1.807) is 0 Å². The average molecular weight is 158 g/mol. The molecule has 0 bridgehead atoms. The summed E-state index contributed by atoms with van der Waals surface area (Å²) in [5.41, 5.74) is 0. The van der Waals surface area contributed by atoms with Crippen LogP contribution in [0.3, 0.4) is 0 Å². The van der Waals surface area contributed by atoms with Gasteiger partial charge in [-0.2, -0.15) is 0 Å².